The topological polar surface area (TPSA) is 41.5 Å². The molecule has 28 heavy (non-hydrogen) atoms. The highest BCUT2D eigenvalue weighted by Gasteiger charge is 2.19. The van der Waals surface area contributed by atoms with Crippen LogP contribution in [0.2, 0.25) is 10.0 Å². The molecule has 0 radical (unpaired) electrons. The highest BCUT2D eigenvalue weighted by molar-refractivity contribution is 14.1. The molecule has 0 aliphatic heterocycles. The summed E-state index contributed by atoms with van der Waals surface area (Å²) in [5.74, 6) is 0.758. The second-order valence-electron chi connectivity index (χ2n) is 6.40. The molecular weight excluding hydrogens is 508 g/mol. The van der Waals surface area contributed by atoms with Gasteiger partial charge >= 0.3 is 0 Å². The first-order valence-corrected chi connectivity index (χ1v) is 10.6. The fraction of sp³-hybridized carbons (Fsp3) is 0.182. The Balaban J connectivity index is 1.85. The van der Waals surface area contributed by atoms with Crippen molar-refractivity contribution < 1.29 is 9.84 Å². The van der Waals surface area contributed by atoms with Gasteiger partial charge in [-0.15, -0.1) is 0 Å². The molecule has 146 valence electrons. The minimum Gasteiger partial charge on any atom is -0.497 e. The van der Waals surface area contributed by atoms with E-state index in [1.807, 2.05) is 60.7 Å². The van der Waals surface area contributed by atoms with Crippen LogP contribution >= 0.6 is 45.8 Å². The molecule has 2 N–H and O–H groups in total. The number of rotatable bonds is 7. The lowest BCUT2D eigenvalue weighted by molar-refractivity contribution is 0.160. The van der Waals surface area contributed by atoms with Crippen LogP contribution in [0.15, 0.2) is 66.7 Å². The fourth-order valence-corrected chi connectivity index (χ4v) is 3.61. The second-order valence-corrected chi connectivity index (χ2v) is 8.46. The smallest absolute Gasteiger partial charge is 0.118 e. The quantitative estimate of drug-likeness (QED) is 0.329. The van der Waals surface area contributed by atoms with Crippen LogP contribution in [0, 0.1) is 3.57 Å². The second kappa shape index (κ2) is 9.83. The molecule has 0 heterocycles. The van der Waals surface area contributed by atoms with Crippen LogP contribution in [0.1, 0.15) is 29.7 Å². The van der Waals surface area contributed by atoms with E-state index in [2.05, 4.69) is 27.9 Å². The first kappa shape index (κ1) is 21.2. The average Bonchev–Trinajstić information content (AvgIpc) is 2.71. The zero-order valence-electron chi connectivity index (χ0n) is 15.2. The van der Waals surface area contributed by atoms with Gasteiger partial charge in [0.25, 0.3) is 0 Å². The number of benzene rings is 3. The van der Waals surface area contributed by atoms with Crippen molar-refractivity contribution in [1.82, 2.24) is 0 Å². The number of aliphatic hydroxyl groups is 1. The standard InChI is InChI=1S/C22H20Cl2INO2/c1-28-18-9-2-14(3-10-18)22(27)13-21(15-4-11-19(23)20(24)12-15)26-17-7-5-16(25)6-8-17/h2-12,21-22,26-27H,13H2,1H3. The number of aliphatic hydroxyl groups excluding tert-OH is 1. The highest BCUT2D eigenvalue weighted by atomic mass is 127. The molecule has 6 heteroatoms. The number of halogens is 3. The molecule has 0 saturated heterocycles. The van der Waals surface area contributed by atoms with Gasteiger partial charge in [-0.2, -0.15) is 0 Å². The van der Waals surface area contributed by atoms with Crippen LogP contribution in [-0.4, -0.2) is 12.2 Å². The van der Waals surface area contributed by atoms with Gasteiger partial charge in [0.2, 0.25) is 0 Å². The molecule has 3 aromatic rings. The van der Waals surface area contributed by atoms with Crippen molar-refractivity contribution in [3.05, 3.63) is 91.5 Å². The SMILES string of the molecule is COc1ccc(C(O)CC(Nc2ccc(I)cc2)c2ccc(Cl)c(Cl)c2)cc1. The minimum atomic E-state index is -0.651. The maximum absolute atomic E-state index is 10.8. The summed E-state index contributed by atoms with van der Waals surface area (Å²) in [6.45, 7) is 0. The van der Waals surface area contributed by atoms with Gasteiger partial charge in [0.05, 0.1) is 29.3 Å². The summed E-state index contributed by atoms with van der Waals surface area (Å²) in [7, 11) is 1.62. The van der Waals surface area contributed by atoms with E-state index in [0.29, 0.717) is 16.5 Å². The summed E-state index contributed by atoms with van der Waals surface area (Å²) in [4.78, 5) is 0. The van der Waals surface area contributed by atoms with Crippen LogP contribution in [0.25, 0.3) is 0 Å². The normalized spacial score (nSPS) is 13.0. The molecular formula is C22H20Cl2INO2. The lowest BCUT2D eigenvalue weighted by Gasteiger charge is -2.24. The Kier molecular flexibility index (Phi) is 7.46. The molecule has 3 rings (SSSR count). The first-order chi connectivity index (χ1) is 13.5. The average molecular weight is 528 g/mol. The maximum atomic E-state index is 10.8. The maximum Gasteiger partial charge on any atom is 0.118 e. The van der Waals surface area contributed by atoms with E-state index in [1.165, 1.54) is 0 Å². The summed E-state index contributed by atoms with van der Waals surface area (Å²) in [6.07, 6.45) is -0.183. The van der Waals surface area contributed by atoms with Crippen LogP contribution in [0.5, 0.6) is 5.75 Å². The van der Waals surface area contributed by atoms with Crippen molar-refractivity contribution in [2.45, 2.75) is 18.6 Å². The Hall–Kier alpha value is -1.47. The Morgan fingerprint density at radius 2 is 1.57 bits per heavy atom. The van der Waals surface area contributed by atoms with Crippen molar-refractivity contribution in [2.24, 2.45) is 0 Å². The van der Waals surface area contributed by atoms with E-state index >= 15 is 0 Å². The van der Waals surface area contributed by atoms with E-state index in [0.717, 1.165) is 26.1 Å². The van der Waals surface area contributed by atoms with Crippen molar-refractivity contribution in [3.63, 3.8) is 0 Å². The van der Waals surface area contributed by atoms with Gasteiger partial charge < -0.3 is 15.2 Å². The first-order valence-electron chi connectivity index (χ1n) is 8.75. The number of anilines is 1. The molecule has 0 aliphatic rings. The van der Waals surface area contributed by atoms with Crippen molar-refractivity contribution >= 4 is 51.5 Å². The van der Waals surface area contributed by atoms with E-state index in [-0.39, 0.29) is 6.04 Å². The van der Waals surface area contributed by atoms with Crippen LogP contribution in [0.4, 0.5) is 5.69 Å². The van der Waals surface area contributed by atoms with E-state index in [9.17, 15) is 5.11 Å². The Morgan fingerprint density at radius 3 is 2.18 bits per heavy atom. The Bertz CT molecular complexity index is 917. The number of hydrogen-bond acceptors (Lipinski definition) is 3. The summed E-state index contributed by atoms with van der Waals surface area (Å²) in [5, 5.41) is 15.3. The van der Waals surface area contributed by atoms with Crippen molar-refractivity contribution in [1.29, 1.82) is 0 Å². The monoisotopic (exact) mass is 527 g/mol. The third kappa shape index (κ3) is 5.54. The molecule has 3 aromatic carbocycles. The van der Waals surface area contributed by atoms with Crippen molar-refractivity contribution in [2.75, 3.05) is 12.4 Å². The van der Waals surface area contributed by atoms with Crippen LogP contribution < -0.4 is 10.1 Å². The van der Waals surface area contributed by atoms with E-state index in [4.69, 9.17) is 27.9 Å². The molecule has 0 amide bonds. The molecule has 3 nitrogen and oxygen atoms in total. The van der Waals surface area contributed by atoms with Gasteiger partial charge in [-0.3, -0.25) is 0 Å². The third-order valence-electron chi connectivity index (χ3n) is 4.49. The van der Waals surface area contributed by atoms with Crippen molar-refractivity contribution in [3.8, 4) is 5.75 Å². The van der Waals surface area contributed by atoms with E-state index < -0.39 is 6.10 Å². The molecule has 0 bridgehead atoms. The lowest BCUT2D eigenvalue weighted by Crippen LogP contribution is -2.15. The summed E-state index contributed by atoms with van der Waals surface area (Å²) >= 11 is 14.6. The molecule has 0 aromatic heterocycles. The number of nitrogens with one attached hydrogen (secondary N) is 1. The number of ether oxygens (including phenoxy) is 1. The minimum absolute atomic E-state index is 0.146. The van der Waals surface area contributed by atoms with Crippen LogP contribution in [-0.2, 0) is 0 Å². The largest absolute Gasteiger partial charge is 0.497 e. The van der Waals surface area contributed by atoms with Gasteiger partial charge in [0.1, 0.15) is 5.75 Å². The zero-order valence-corrected chi connectivity index (χ0v) is 18.9. The molecule has 0 fully saturated rings. The molecule has 0 aliphatic carbocycles. The van der Waals surface area contributed by atoms with E-state index in [1.54, 1.807) is 13.2 Å². The predicted molar refractivity (Wildman–Crippen MR) is 125 cm³/mol. The lowest BCUT2D eigenvalue weighted by atomic mass is 9.96. The van der Waals surface area contributed by atoms with Gasteiger partial charge in [0, 0.05) is 15.7 Å². The third-order valence-corrected chi connectivity index (χ3v) is 5.95. The van der Waals surface area contributed by atoms with Gasteiger partial charge in [-0.1, -0.05) is 41.4 Å². The Morgan fingerprint density at radius 1 is 0.929 bits per heavy atom. The van der Waals surface area contributed by atoms with Gasteiger partial charge in [-0.25, -0.2) is 0 Å². The zero-order chi connectivity index (χ0) is 20.1. The molecule has 2 atom stereocenters. The molecule has 0 saturated carbocycles. The summed E-state index contributed by atoms with van der Waals surface area (Å²) in [5.41, 5.74) is 2.76. The summed E-state index contributed by atoms with van der Waals surface area (Å²) < 4.78 is 6.35. The highest BCUT2D eigenvalue weighted by Crippen LogP contribution is 2.33. The Labute approximate surface area is 188 Å². The number of methoxy groups -OCH3 is 1. The fourth-order valence-electron chi connectivity index (χ4n) is 2.94. The number of hydrogen-bond donors (Lipinski definition) is 2. The molecule has 2 unspecified atom stereocenters. The van der Waals surface area contributed by atoms with Gasteiger partial charge in [-0.05, 0) is 82.2 Å². The van der Waals surface area contributed by atoms with Gasteiger partial charge in [0.15, 0.2) is 0 Å². The summed E-state index contributed by atoms with van der Waals surface area (Å²) in [6, 6.07) is 21.0. The molecule has 0 spiro atoms. The van der Waals surface area contributed by atoms with Crippen LogP contribution in [0.3, 0.4) is 0 Å². The predicted octanol–water partition coefficient (Wildman–Crippen LogP) is 6.88.